The van der Waals surface area contributed by atoms with E-state index in [0.29, 0.717) is 5.75 Å². The van der Waals surface area contributed by atoms with Gasteiger partial charge in [0.25, 0.3) is 0 Å². The van der Waals surface area contributed by atoms with Crippen molar-refractivity contribution in [1.29, 1.82) is 0 Å². The van der Waals surface area contributed by atoms with Crippen molar-refractivity contribution in [1.82, 2.24) is 0 Å². The molecule has 4 heteroatoms. The van der Waals surface area contributed by atoms with E-state index in [-0.39, 0.29) is 8.80 Å². The topological polar surface area (TPSA) is 9.23 Å². The molecule has 29 heavy (non-hydrogen) atoms. The van der Waals surface area contributed by atoms with Crippen LogP contribution >= 0.6 is 11.6 Å². The minimum absolute atomic E-state index is 0.316. The van der Waals surface area contributed by atoms with E-state index in [1.54, 1.807) is 31.0 Å². The highest BCUT2D eigenvalue weighted by Crippen LogP contribution is 2.42. The first-order chi connectivity index (χ1) is 14.1. The third kappa shape index (κ3) is 7.90. The van der Waals surface area contributed by atoms with Crippen LogP contribution in [0.3, 0.4) is 0 Å². The van der Waals surface area contributed by atoms with Gasteiger partial charge < -0.3 is 4.74 Å². The lowest BCUT2D eigenvalue weighted by Gasteiger charge is -2.37. The zero-order chi connectivity index (χ0) is 20.5. The van der Waals surface area contributed by atoms with Crippen LogP contribution in [0.2, 0.25) is 18.1 Å². The van der Waals surface area contributed by atoms with Crippen molar-refractivity contribution < 1.29 is 9.13 Å². The van der Waals surface area contributed by atoms with E-state index in [1.807, 2.05) is 24.3 Å². The molecule has 0 N–H and O–H groups in total. The van der Waals surface area contributed by atoms with Crippen LogP contribution in [-0.4, -0.2) is 14.6 Å². The summed E-state index contributed by atoms with van der Waals surface area (Å²) in [5.74, 6) is 1.83. The fourth-order valence-corrected chi connectivity index (χ4v) is 9.49. The first-order valence-corrected chi connectivity index (χ1v) is 15.1. The molecule has 1 aromatic carbocycles. The van der Waals surface area contributed by atoms with Crippen molar-refractivity contribution >= 4 is 20.4 Å². The van der Waals surface area contributed by atoms with Gasteiger partial charge in [-0.3, -0.25) is 0 Å². The molecule has 1 heterocycles. The Bertz CT molecular complexity index is 563. The van der Waals surface area contributed by atoms with Gasteiger partial charge in [-0.25, -0.2) is 0 Å². The predicted molar refractivity (Wildman–Crippen MR) is 125 cm³/mol. The van der Waals surface area contributed by atoms with E-state index in [2.05, 4.69) is 6.92 Å². The number of benzene rings is 1. The average molecular weight is 439 g/mol. The Morgan fingerprint density at radius 3 is 2.28 bits per heavy atom. The molecule has 3 rings (SSSR count). The van der Waals surface area contributed by atoms with Crippen molar-refractivity contribution in [3.05, 3.63) is 29.8 Å². The molecule has 0 bridgehead atoms. The molecule has 0 amide bonds. The van der Waals surface area contributed by atoms with Gasteiger partial charge in [-0.2, -0.15) is 4.39 Å². The molecule has 1 saturated carbocycles. The van der Waals surface area contributed by atoms with Crippen LogP contribution in [0.5, 0.6) is 5.75 Å². The third-order valence-electron chi connectivity index (χ3n) is 7.62. The molecule has 1 unspecified atom stereocenters. The molecule has 164 valence electrons. The monoisotopic (exact) mass is 438 g/mol. The maximum atomic E-state index is 12.6. The smallest absolute Gasteiger partial charge is 0.316 e. The average Bonchev–Trinajstić information content (AvgIpc) is 2.73. The highest BCUT2D eigenvalue weighted by atomic mass is 35.5. The first kappa shape index (κ1) is 23.1. The lowest BCUT2D eigenvalue weighted by Crippen LogP contribution is -2.28. The second-order valence-corrected chi connectivity index (χ2v) is 13.4. The molecule has 1 saturated heterocycles. The molecule has 2 aliphatic rings. The first-order valence-electron chi connectivity index (χ1n) is 12.2. The number of halogens is 2. The van der Waals surface area contributed by atoms with Gasteiger partial charge in [-0.05, 0) is 72.7 Å². The number of hydrogen-bond donors (Lipinski definition) is 0. The van der Waals surface area contributed by atoms with Crippen molar-refractivity contribution in [2.45, 2.75) is 102 Å². The second-order valence-electron chi connectivity index (χ2n) is 9.62. The molecule has 1 aliphatic heterocycles. The number of alkyl halides is 2. The molecular weight excluding hydrogens is 399 g/mol. The zero-order valence-electron chi connectivity index (χ0n) is 18.3. The van der Waals surface area contributed by atoms with E-state index >= 15 is 0 Å². The lowest BCUT2D eigenvalue weighted by atomic mass is 9.73. The third-order valence-corrected chi connectivity index (χ3v) is 11.4. The van der Waals surface area contributed by atoms with E-state index in [0.717, 1.165) is 24.2 Å². The van der Waals surface area contributed by atoms with Crippen molar-refractivity contribution in [2.24, 2.45) is 17.8 Å². The van der Waals surface area contributed by atoms with Crippen molar-refractivity contribution in [2.75, 3.05) is 0 Å². The summed E-state index contributed by atoms with van der Waals surface area (Å²) in [6.45, 7) is 2.37. The zero-order valence-corrected chi connectivity index (χ0v) is 20.2. The van der Waals surface area contributed by atoms with Gasteiger partial charge in [-0.15, -0.1) is 0 Å². The molecule has 2 fully saturated rings. The Morgan fingerprint density at radius 1 is 1.00 bits per heavy atom. The fourth-order valence-electron chi connectivity index (χ4n) is 5.90. The summed E-state index contributed by atoms with van der Waals surface area (Å²) < 4.78 is 17.5. The summed E-state index contributed by atoms with van der Waals surface area (Å²) in [4.78, 5) is 0. The van der Waals surface area contributed by atoms with Crippen LogP contribution in [0.1, 0.15) is 76.7 Å². The Balaban J connectivity index is 1.27. The molecular formula is C25H40ClFOSi. The quantitative estimate of drug-likeness (QED) is 0.203. The van der Waals surface area contributed by atoms with E-state index in [9.17, 15) is 4.39 Å². The summed E-state index contributed by atoms with van der Waals surface area (Å²) in [7, 11) is -0.316. The molecule has 1 atom stereocenters. The van der Waals surface area contributed by atoms with E-state index in [4.69, 9.17) is 16.3 Å². The standard InChI is InChI=1S/C25H40ClFOSi/c1-2-17-29-18-15-23(16-19-29)22-11-7-20(8-12-22)5-3-4-6-21-9-13-24(14-10-21)28-25(26)27/h9-10,13-14,20,22-23,25,29H,2-8,11-12,15-19H2,1H3. The highest BCUT2D eigenvalue weighted by Gasteiger charge is 2.30. The van der Waals surface area contributed by atoms with Crippen LogP contribution in [0, 0.1) is 17.8 Å². The van der Waals surface area contributed by atoms with Gasteiger partial charge >= 0.3 is 5.82 Å². The summed E-state index contributed by atoms with van der Waals surface area (Å²) >= 11 is 5.21. The van der Waals surface area contributed by atoms with Crippen LogP contribution in [0.25, 0.3) is 0 Å². The summed E-state index contributed by atoms with van der Waals surface area (Å²) in [6.07, 6.45) is 15.6. The van der Waals surface area contributed by atoms with Gasteiger partial charge in [0.2, 0.25) is 0 Å². The summed E-state index contributed by atoms with van der Waals surface area (Å²) in [5, 5.41) is 0. The normalized spacial score (nSPS) is 28.8. The number of hydrogen-bond acceptors (Lipinski definition) is 1. The van der Waals surface area contributed by atoms with Gasteiger partial charge in [-0.1, -0.05) is 82.1 Å². The number of aryl methyl sites for hydroxylation is 1. The Hall–Kier alpha value is -0.543. The SMILES string of the molecule is CCC[SiH]1CCC(C2CCC(CCCCc3ccc(OC(F)Cl)cc3)CC2)CC1. The highest BCUT2D eigenvalue weighted by molar-refractivity contribution is 6.58. The molecule has 0 radical (unpaired) electrons. The Morgan fingerprint density at radius 2 is 1.66 bits per heavy atom. The van der Waals surface area contributed by atoms with Crippen molar-refractivity contribution in [3.63, 3.8) is 0 Å². The number of unbranched alkanes of at least 4 members (excludes halogenated alkanes) is 1. The van der Waals surface area contributed by atoms with Gasteiger partial charge in [0.1, 0.15) is 5.75 Å². The fraction of sp³-hybridized carbons (Fsp3) is 0.760. The Labute approximate surface area is 184 Å². The van der Waals surface area contributed by atoms with Crippen LogP contribution < -0.4 is 4.74 Å². The van der Waals surface area contributed by atoms with Crippen molar-refractivity contribution in [3.8, 4) is 5.75 Å². The van der Waals surface area contributed by atoms with Crippen LogP contribution in [0.15, 0.2) is 24.3 Å². The summed E-state index contributed by atoms with van der Waals surface area (Å²) in [5.41, 5.74) is 1.30. The maximum Gasteiger partial charge on any atom is 0.316 e. The molecule has 1 aromatic rings. The van der Waals surface area contributed by atoms with Gasteiger partial charge in [0.05, 0.1) is 0 Å². The molecule has 0 spiro atoms. The van der Waals surface area contributed by atoms with Crippen LogP contribution in [-0.2, 0) is 6.42 Å². The number of rotatable bonds is 10. The predicted octanol–water partition coefficient (Wildman–Crippen LogP) is 8.12. The van der Waals surface area contributed by atoms with Crippen LogP contribution in [0.4, 0.5) is 4.39 Å². The van der Waals surface area contributed by atoms with Gasteiger partial charge in [0, 0.05) is 8.80 Å². The molecule has 1 aliphatic carbocycles. The summed E-state index contributed by atoms with van der Waals surface area (Å²) in [6, 6.07) is 12.6. The second kappa shape index (κ2) is 12.3. The largest absolute Gasteiger partial charge is 0.447 e. The molecule has 1 nitrogen and oxygen atoms in total. The number of ether oxygens (including phenoxy) is 1. The maximum absolute atomic E-state index is 12.6. The lowest BCUT2D eigenvalue weighted by molar-refractivity contribution is 0.147. The minimum atomic E-state index is -1.77. The van der Waals surface area contributed by atoms with E-state index in [1.165, 1.54) is 56.9 Å². The minimum Gasteiger partial charge on any atom is -0.447 e. The van der Waals surface area contributed by atoms with E-state index < -0.39 is 5.82 Å². The van der Waals surface area contributed by atoms with Gasteiger partial charge in [0.15, 0.2) is 0 Å². The molecule has 0 aromatic heterocycles. The Kier molecular flexibility index (Phi) is 9.84.